The SMILES string of the molecule is O=Cc1cc([N+](=O)[O-])c(C(F)(F)F)cc1C(=O)Cl. The fourth-order valence-electron chi connectivity index (χ4n) is 1.25. The molecule has 0 aliphatic carbocycles. The van der Waals surface area contributed by atoms with E-state index in [1.165, 1.54) is 0 Å². The molecule has 1 aromatic rings. The zero-order valence-electron chi connectivity index (χ0n) is 8.32. The Balaban J connectivity index is 3.68. The number of hydrogen-bond donors (Lipinski definition) is 0. The van der Waals surface area contributed by atoms with Gasteiger partial charge in [-0.25, -0.2) is 0 Å². The van der Waals surface area contributed by atoms with Gasteiger partial charge in [0.05, 0.1) is 4.92 Å². The van der Waals surface area contributed by atoms with Crippen LogP contribution in [0.3, 0.4) is 0 Å². The number of carbonyl (C=O) groups excluding carboxylic acids is 2. The molecule has 0 unspecified atom stereocenters. The summed E-state index contributed by atoms with van der Waals surface area (Å²) in [6, 6.07) is 0.558. The molecule has 0 aliphatic rings. The van der Waals surface area contributed by atoms with E-state index in [4.69, 9.17) is 11.6 Å². The van der Waals surface area contributed by atoms with Crippen molar-refractivity contribution >= 4 is 28.8 Å². The number of nitro groups is 1. The van der Waals surface area contributed by atoms with Gasteiger partial charge in [0.1, 0.15) is 5.56 Å². The number of carbonyl (C=O) groups is 2. The Labute approximate surface area is 102 Å². The number of alkyl halides is 3. The molecule has 18 heavy (non-hydrogen) atoms. The molecule has 0 spiro atoms. The number of halogens is 4. The van der Waals surface area contributed by atoms with Crippen LogP contribution in [0.2, 0.25) is 0 Å². The topological polar surface area (TPSA) is 77.3 Å². The first-order valence-electron chi connectivity index (χ1n) is 4.23. The highest BCUT2D eigenvalue weighted by Gasteiger charge is 2.39. The van der Waals surface area contributed by atoms with Crippen LogP contribution < -0.4 is 0 Å². The number of nitro benzene ring substituents is 1. The monoisotopic (exact) mass is 281 g/mol. The number of nitrogens with zero attached hydrogens (tertiary/aromatic N) is 1. The Hall–Kier alpha value is -1.96. The molecule has 0 N–H and O–H groups in total. The Bertz CT molecular complexity index is 541. The number of hydrogen-bond acceptors (Lipinski definition) is 4. The summed E-state index contributed by atoms with van der Waals surface area (Å²) in [4.78, 5) is 30.6. The number of rotatable bonds is 3. The molecule has 0 atom stereocenters. The van der Waals surface area contributed by atoms with Crippen molar-refractivity contribution < 1.29 is 27.7 Å². The highest BCUT2D eigenvalue weighted by Crippen LogP contribution is 2.37. The molecule has 0 radical (unpaired) electrons. The highest BCUT2D eigenvalue weighted by molar-refractivity contribution is 6.68. The van der Waals surface area contributed by atoms with Gasteiger partial charge in [0, 0.05) is 17.2 Å². The van der Waals surface area contributed by atoms with Crippen molar-refractivity contribution in [1.82, 2.24) is 0 Å². The Morgan fingerprint density at radius 2 is 1.94 bits per heavy atom. The maximum Gasteiger partial charge on any atom is 0.423 e. The second-order valence-electron chi connectivity index (χ2n) is 3.10. The molecule has 5 nitrogen and oxygen atoms in total. The summed E-state index contributed by atoms with van der Waals surface area (Å²) in [6.45, 7) is 0. The standard InChI is InChI=1S/C9H3ClF3NO4/c10-8(16)5-2-6(9(11,12)13)7(14(17)18)1-4(5)3-15/h1-3H. The van der Waals surface area contributed by atoms with Crippen molar-refractivity contribution in [2.24, 2.45) is 0 Å². The van der Waals surface area contributed by atoms with Gasteiger partial charge in [0.15, 0.2) is 6.29 Å². The quantitative estimate of drug-likeness (QED) is 0.369. The molecule has 0 saturated heterocycles. The molecule has 0 saturated carbocycles. The summed E-state index contributed by atoms with van der Waals surface area (Å²) in [5.41, 5.74) is -4.26. The Kier molecular flexibility index (Phi) is 3.70. The molecule has 1 aromatic carbocycles. The van der Waals surface area contributed by atoms with Crippen LogP contribution in [-0.2, 0) is 6.18 Å². The van der Waals surface area contributed by atoms with Crippen molar-refractivity contribution in [2.75, 3.05) is 0 Å². The highest BCUT2D eigenvalue weighted by atomic mass is 35.5. The van der Waals surface area contributed by atoms with Crippen molar-refractivity contribution in [3.05, 3.63) is 38.9 Å². The minimum Gasteiger partial charge on any atom is -0.298 e. The Morgan fingerprint density at radius 3 is 2.28 bits per heavy atom. The van der Waals surface area contributed by atoms with E-state index in [9.17, 15) is 32.9 Å². The van der Waals surface area contributed by atoms with Gasteiger partial charge in [-0.05, 0) is 17.7 Å². The normalized spacial score (nSPS) is 11.1. The summed E-state index contributed by atoms with van der Waals surface area (Å²) >= 11 is 5.01. The summed E-state index contributed by atoms with van der Waals surface area (Å²) in [5.74, 6) is 0. The predicted octanol–water partition coefficient (Wildman–Crippen LogP) is 2.81. The molecular formula is C9H3ClF3NO4. The lowest BCUT2D eigenvalue weighted by molar-refractivity contribution is -0.388. The van der Waals surface area contributed by atoms with E-state index in [0.29, 0.717) is 6.07 Å². The van der Waals surface area contributed by atoms with Crippen LogP contribution in [0.1, 0.15) is 26.3 Å². The van der Waals surface area contributed by atoms with E-state index in [1.54, 1.807) is 0 Å². The molecule has 0 fully saturated rings. The van der Waals surface area contributed by atoms with Crippen LogP contribution in [0.15, 0.2) is 12.1 Å². The van der Waals surface area contributed by atoms with Gasteiger partial charge >= 0.3 is 6.18 Å². The first-order chi connectivity index (χ1) is 8.18. The minimum atomic E-state index is -5.04. The molecule has 1 rings (SSSR count). The first-order valence-corrected chi connectivity index (χ1v) is 4.61. The molecule has 0 bridgehead atoms. The summed E-state index contributed by atoms with van der Waals surface area (Å²) < 4.78 is 37.6. The Morgan fingerprint density at radius 1 is 1.39 bits per heavy atom. The zero-order valence-corrected chi connectivity index (χ0v) is 9.08. The van der Waals surface area contributed by atoms with E-state index in [1.807, 2.05) is 0 Å². The summed E-state index contributed by atoms with van der Waals surface area (Å²) in [7, 11) is 0. The third-order valence-electron chi connectivity index (χ3n) is 2.01. The minimum absolute atomic E-state index is 0.0166. The van der Waals surface area contributed by atoms with E-state index < -0.39 is 38.7 Å². The molecule has 0 heterocycles. The van der Waals surface area contributed by atoms with Crippen LogP contribution >= 0.6 is 11.6 Å². The second kappa shape index (κ2) is 4.73. The van der Waals surface area contributed by atoms with Gasteiger partial charge in [0.2, 0.25) is 0 Å². The lowest BCUT2D eigenvalue weighted by Crippen LogP contribution is -2.12. The van der Waals surface area contributed by atoms with Crippen LogP contribution in [0.5, 0.6) is 0 Å². The van der Waals surface area contributed by atoms with Crippen LogP contribution in [-0.4, -0.2) is 16.5 Å². The lowest BCUT2D eigenvalue weighted by atomic mass is 10.0. The van der Waals surface area contributed by atoms with Crippen LogP contribution in [0.4, 0.5) is 18.9 Å². The summed E-state index contributed by atoms with van der Waals surface area (Å²) in [6.07, 6.45) is -5.02. The van der Waals surface area contributed by atoms with Crippen LogP contribution in [0.25, 0.3) is 0 Å². The molecule has 0 aromatic heterocycles. The van der Waals surface area contributed by atoms with Crippen molar-refractivity contribution in [2.45, 2.75) is 6.18 Å². The smallest absolute Gasteiger partial charge is 0.298 e. The van der Waals surface area contributed by atoms with E-state index >= 15 is 0 Å². The van der Waals surface area contributed by atoms with E-state index in [0.717, 1.165) is 0 Å². The average molecular weight is 282 g/mol. The number of aldehydes is 1. The molecule has 96 valence electrons. The van der Waals surface area contributed by atoms with E-state index in [2.05, 4.69) is 0 Å². The maximum absolute atomic E-state index is 12.5. The molecular weight excluding hydrogens is 279 g/mol. The van der Waals surface area contributed by atoms with Crippen molar-refractivity contribution in [3.63, 3.8) is 0 Å². The van der Waals surface area contributed by atoms with Gasteiger partial charge in [-0.1, -0.05) is 0 Å². The lowest BCUT2D eigenvalue weighted by Gasteiger charge is -2.09. The third kappa shape index (κ3) is 2.65. The van der Waals surface area contributed by atoms with Crippen LogP contribution in [0, 0.1) is 10.1 Å². The van der Waals surface area contributed by atoms with Gasteiger partial charge in [-0.15, -0.1) is 0 Å². The summed E-state index contributed by atoms with van der Waals surface area (Å²) in [5, 5.41) is 9.18. The number of benzene rings is 1. The van der Waals surface area contributed by atoms with Gasteiger partial charge in [0.25, 0.3) is 10.9 Å². The largest absolute Gasteiger partial charge is 0.423 e. The van der Waals surface area contributed by atoms with E-state index in [-0.39, 0.29) is 12.4 Å². The van der Waals surface area contributed by atoms with Gasteiger partial charge < -0.3 is 0 Å². The predicted molar refractivity (Wildman–Crippen MR) is 53.7 cm³/mol. The maximum atomic E-state index is 12.5. The molecule has 0 amide bonds. The fraction of sp³-hybridized carbons (Fsp3) is 0.111. The first kappa shape index (κ1) is 14.1. The zero-order chi connectivity index (χ0) is 14.1. The van der Waals surface area contributed by atoms with Gasteiger partial charge in [-0.2, -0.15) is 13.2 Å². The third-order valence-corrected chi connectivity index (χ3v) is 2.21. The van der Waals surface area contributed by atoms with Crippen molar-refractivity contribution in [3.8, 4) is 0 Å². The van der Waals surface area contributed by atoms with Gasteiger partial charge in [-0.3, -0.25) is 19.7 Å². The molecule has 0 aliphatic heterocycles. The van der Waals surface area contributed by atoms with Crippen molar-refractivity contribution in [1.29, 1.82) is 0 Å². The second-order valence-corrected chi connectivity index (χ2v) is 3.45. The molecule has 9 heteroatoms. The fourth-order valence-corrected chi connectivity index (χ4v) is 1.41. The average Bonchev–Trinajstić information content (AvgIpc) is 2.25.